The maximum absolute atomic E-state index is 11.2. The second kappa shape index (κ2) is 6.46. The van der Waals surface area contributed by atoms with Crippen LogP contribution in [0.25, 0.3) is 0 Å². The van der Waals surface area contributed by atoms with Gasteiger partial charge in [-0.15, -0.1) is 0 Å². The third kappa shape index (κ3) is 3.64. The van der Waals surface area contributed by atoms with Gasteiger partial charge in [-0.3, -0.25) is 9.69 Å². The predicted octanol–water partition coefficient (Wildman–Crippen LogP) is 2.89. The summed E-state index contributed by atoms with van der Waals surface area (Å²) in [4.78, 5) is 13.4. The molecule has 1 fully saturated rings. The maximum Gasteiger partial charge on any atom is 0.307 e. The highest BCUT2D eigenvalue weighted by Crippen LogP contribution is 2.27. The molecule has 0 aliphatic carbocycles. The quantitative estimate of drug-likeness (QED) is 0.928. The molecule has 0 amide bonds. The van der Waals surface area contributed by atoms with Gasteiger partial charge in [-0.2, -0.15) is 0 Å². The first-order chi connectivity index (χ1) is 9.49. The number of carboxylic acid groups (broad SMARTS) is 1. The van der Waals surface area contributed by atoms with Gasteiger partial charge in [-0.1, -0.05) is 24.6 Å². The van der Waals surface area contributed by atoms with Crippen molar-refractivity contribution >= 4 is 17.6 Å². The Morgan fingerprint density at radius 1 is 1.50 bits per heavy atom. The van der Waals surface area contributed by atoms with Gasteiger partial charge in [0.15, 0.2) is 0 Å². The average Bonchev–Trinajstić information content (AvgIpc) is 2.38. The van der Waals surface area contributed by atoms with Crippen LogP contribution in [-0.4, -0.2) is 36.2 Å². The molecule has 0 bridgehead atoms. The molecule has 2 unspecified atom stereocenters. The lowest BCUT2D eigenvalue weighted by Gasteiger charge is -2.34. The Bertz CT molecular complexity index is 492. The number of halogens is 1. The van der Waals surface area contributed by atoms with Crippen molar-refractivity contribution in [1.29, 1.82) is 0 Å². The van der Waals surface area contributed by atoms with E-state index in [2.05, 4.69) is 11.8 Å². The number of piperidine rings is 1. The van der Waals surface area contributed by atoms with Gasteiger partial charge < -0.3 is 9.84 Å². The van der Waals surface area contributed by atoms with E-state index in [0.29, 0.717) is 23.2 Å². The first-order valence-corrected chi connectivity index (χ1v) is 7.15. The Balaban J connectivity index is 2.05. The van der Waals surface area contributed by atoms with Gasteiger partial charge in [0.05, 0.1) is 18.1 Å². The largest absolute Gasteiger partial charge is 0.495 e. The van der Waals surface area contributed by atoms with E-state index in [1.54, 1.807) is 7.11 Å². The summed E-state index contributed by atoms with van der Waals surface area (Å²) in [6.07, 6.45) is 0.759. The van der Waals surface area contributed by atoms with Crippen LogP contribution >= 0.6 is 11.6 Å². The van der Waals surface area contributed by atoms with Crippen molar-refractivity contribution in [3.05, 3.63) is 28.8 Å². The van der Waals surface area contributed by atoms with Gasteiger partial charge >= 0.3 is 5.97 Å². The molecule has 2 atom stereocenters. The second-order valence-corrected chi connectivity index (χ2v) is 5.95. The fourth-order valence-electron chi connectivity index (χ4n) is 2.84. The average molecular weight is 298 g/mol. The Morgan fingerprint density at radius 3 is 2.85 bits per heavy atom. The fourth-order valence-corrected chi connectivity index (χ4v) is 3.12. The third-order valence-electron chi connectivity index (χ3n) is 3.71. The molecular formula is C15H20ClNO3. The summed E-state index contributed by atoms with van der Waals surface area (Å²) < 4.78 is 5.13. The van der Waals surface area contributed by atoms with E-state index in [1.165, 1.54) is 0 Å². The molecular weight excluding hydrogens is 278 g/mol. The minimum Gasteiger partial charge on any atom is -0.495 e. The van der Waals surface area contributed by atoms with E-state index in [1.807, 2.05) is 18.2 Å². The molecule has 5 heteroatoms. The summed E-state index contributed by atoms with van der Waals surface area (Å²) in [5.74, 6) is 0.0891. The zero-order chi connectivity index (χ0) is 14.7. The Labute approximate surface area is 124 Å². The fraction of sp³-hybridized carbons (Fsp3) is 0.533. The van der Waals surface area contributed by atoms with Crippen LogP contribution in [0, 0.1) is 11.8 Å². The third-order valence-corrected chi connectivity index (χ3v) is 4.00. The van der Waals surface area contributed by atoms with Crippen LogP contribution < -0.4 is 4.74 Å². The molecule has 0 radical (unpaired) electrons. The minimum absolute atomic E-state index is 0.271. The number of nitrogens with zero attached hydrogens (tertiary/aromatic N) is 1. The van der Waals surface area contributed by atoms with Crippen molar-refractivity contribution in [3.8, 4) is 5.75 Å². The summed E-state index contributed by atoms with van der Waals surface area (Å²) in [6.45, 7) is 4.34. The lowest BCUT2D eigenvalue weighted by molar-refractivity contribution is -0.144. The van der Waals surface area contributed by atoms with Crippen molar-refractivity contribution in [2.24, 2.45) is 11.8 Å². The lowest BCUT2D eigenvalue weighted by atomic mass is 9.90. The van der Waals surface area contributed by atoms with Crippen LogP contribution in [0.3, 0.4) is 0 Å². The zero-order valence-electron chi connectivity index (χ0n) is 11.8. The minimum atomic E-state index is -0.700. The van der Waals surface area contributed by atoms with Crippen molar-refractivity contribution in [2.45, 2.75) is 19.9 Å². The van der Waals surface area contributed by atoms with Crippen molar-refractivity contribution in [1.82, 2.24) is 4.90 Å². The summed E-state index contributed by atoms with van der Waals surface area (Å²) in [5, 5.41) is 9.78. The molecule has 1 N–H and O–H groups in total. The molecule has 110 valence electrons. The molecule has 1 aliphatic rings. The first-order valence-electron chi connectivity index (χ1n) is 6.77. The maximum atomic E-state index is 11.2. The second-order valence-electron chi connectivity index (χ2n) is 5.54. The topological polar surface area (TPSA) is 49.8 Å². The van der Waals surface area contributed by atoms with Gasteiger partial charge in [0, 0.05) is 19.6 Å². The molecule has 20 heavy (non-hydrogen) atoms. The van der Waals surface area contributed by atoms with Crippen LogP contribution in [-0.2, 0) is 11.3 Å². The summed E-state index contributed by atoms with van der Waals surface area (Å²) >= 11 is 6.12. The lowest BCUT2D eigenvalue weighted by Crippen LogP contribution is -2.41. The van der Waals surface area contributed by atoms with Crippen LogP contribution in [0.1, 0.15) is 18.9 Å². The number of rotatable bonds is 4. The molecule has 1 aromatic carbocycles. The monoisotopic (exact) mass is 297 g/mol. The van der Waals surface area contributed by atoms with Gasteiger partial charge in [0.25, 0.3) is 0 Å². The number of likely N-dealkylation sites (tertiary alicyclic amines) is 1. The standard InChI is InChI=1S/C15H20ClNO3/c1-10-5-12(15(18)19)9-17(7-10)8-11-3-4-14(20-2)13(16)6-11/h3-4,6,10,12H,5,7-9H2,1-2H3,(H,18,19). The van der Waals surface area contributed by atoms with Crippen LogP contribution in [0.15, 0.2) is 18.2 Å². The molecule has 1 aromatic rings. The number of aliphatic carboxylic acids is 1. The Kier molecular flexibility index (Phi) is 4.89. The number of benzene rings is 1. The predicted molar refractivity (Wildman–Crippen MR) is 78.2 cm³/mol. The van der Waals surface area contributed by atoms with Crippen molar-refractivity contribution in [2.75, 3.05) is 20.2 Å². The number of carbonyl (C=O) groups is 1. The van der Waals surface area contributed by atoms with Crippen molar-refractivity contribution < 1.29 is 14.6 Å². The molecule has 1 aliphatic heterocycles. The molecule has 0 aromatic heterocycles. The molecule has 4 nitrogen and oxygen atoms in total. The normalized spacial score (nSPS) is 23.6. The zero-order valence-corrected chi connectivity index (χ0v) is 12.6. The first kappa shape index (κ1) is 15.1. The molecule has 1 saturated heterocycles. The highest BCUT2D eigenvalue weighted by Gasteiger charge is 2.29. The molecule has 2 rings (SSSR count). The van der Waals surface area contributed by atoms with E-state index in [4.69, 9.17) is 16.3 Å². The highest BCUT2D eigenvalue weighted by atomic mass is 35.5. The molecule has 0 spiro atoms. The number of ether oxygens (including phenoxy) is 1. The number of carboxylic acids is 1. The van der Waals surface area contributed by atoms with Crippen LogP contribution in [0.2, 0.25) is 5.02 Å². The Hall–Kier alpha value is -1.26. The van der Waals surface area contributed by atoms with Crippen molar-refractivity contribution in [3.63, 3.8) is 0 Å². The van der Waals surface area contributed by atoms with Crippen LogP contribution in [0.4, 0.5) is 0 Å². The van der Waals surface area contributed by atoms with Gasteiger partial charge in [-0.05, 0) is 30.0 Å². The van der Waals surface area contributed by atoms with Gasteiger partial charge in [0.2, 0.25) is 0 Å². The highest BCUT2D eigenvalue weighted by molar-refractivity contribution is 6.32. The summed E-state index contributed by atoms with van der Waals surface area (Å²) in [5.41, 5.74) is 1.08. The number of hydrogen-bond donors (Lipinski definition) is 1. The summed E-state index contributed by atoms with van der Waals surface area (Å²) in [7, 11) is 1.59. The number of methoxy groups -OCH3 is 1. The van der Waals surface area contributed by atoms with Gasteiger partial charge in [-0.25, -0.2) is 0 Å². The SMILES string of the molecule is COc1ccc(CN2CC(C)CC(C(=O)O)C2)cc1Cl. The van der Waals surface area contributed by atoms with E-state index >= 15 is 0 Å². The van der Waals surface area contributed by atoms with Crippen LogP contribution in [0.5, 0.6) is 5.75 Å². The van der Waals surface area contributed by atoms with Gasteiger partial charge in [0.1, 0.15) is 5.75 Å². The smallest absolute Gasteiger partial charge is 0.307 e. The molecule has 0 saturated carbocycles. The van der Waals surface area contributed by atoms with E-state index in [9.17, 15) is 9.90 Å². The molecule has 1 heterocycles. The summed E-state index contributed by atoms with van der Waals surface area (Å²) in [6, 6.07) is 5.70. The van der Waals surface area contributed by atoms with E-state index in [-0.39, 0.29) is 5.92 Å². The van der Waals surface area contributed by atoms with E-state index in [0.717, 1.165) is 25.1 Å². The van der Waals surface area contributed by atoms with E-state index < -0.39 is 5.97 Å². The Morgan fingerprint density at radius 2 is 2.25 bits per heavy atom. The number of hydrogen-bond acceptors (Lipinski definition) is 3.